The number of hydroxylamine groups is 1. The number of carbonyl (C=O) groups is 4. The molecule has 0 saturated heterocycles. The summed E-state index contributed by atoms with van der Waals surface area (Å²) in [4.78, 5) is 56.3. The van der Waals surface area contributed by atoms with Crippen molar-refractivity contribution in [2.24, 2.45) is 17.6 Å². The first-order chi connectivity index (χ1) is 19.1. The number of amides is 4. The summed E-state index contributed by atoms with van der Waals surface area (Å²) in [6, 6.07) is 19.1. The van der Waals surface area contributed by atoms with Crippen LogP contribution in [0, 0.1) is 11.8 Å². The molecule has 3 atom stereocenters. The predicted molar refractivity (Wildman–Crippen MR) is 154 cm³/mol. The Morgan fingerprint density at radius 1 is 0.850 bits per heavy atom. The minimum Gasteiger partial charge on any atom is -0.368 e. The lowest BCUT2D eigenvalue weighted by atomic mass is 9.91. The van der Waals surface area contributed by atoms with Crippen LogP contribution in [-0.2, 0) is 25.8 Å². The van der Waals surface area contributed by atoms with Gasteiger partial charge in [-0.2, -0.15) is 0 Å². The fraction of sp³-hybridized carbons (Fsp3) is 0.355. The molecule has 0 fully saturated rings. The lowest BCUT2D eigenvalue weighted by Gasteiger charge is -2.24. The van der Waals surface area contributed by atoms with E-state index in [1.165, 1.54) is 6.92 Å². The van der Waals surface area contributed by atoms with Crippen LogP contribution in [-0.4, -0.2) is 29.7 Å². The zero-order valence-electron chi connectivity index (χ0n) is 23.4. The molecule has 0 saturated carbocycles. The third-order valence-corrected chi connectivity index (χ3v) is 6.61. The molecule has 0 bridgehead atoms. The van der Waals surface area contributed by atoms with E-state index in [0.717, 1.165) is 10.9 Å². The van der Waals surface area contributed by atoms with Crippen molar-refractivity contribution >= 4 is 34.4 Å². The van der Waals surface area contributed by atoms with Crippen molar-refractivity contribution in [2.75, 3.05) is 0 Å². The van der Waals surface area contributed by atoms with Crippen molar-refractivity contribution < 1.29 is 24.0 Å². The quantitative estimate of drug-likeness (QED) is 0.241. The number of rotatable bonds is 13. The standard InChI is InChI=1S/C31H38N4O5/c1-19(2)16-24(17-27(36)35-40-18-22-10-6-5-7-11-22)30(38)33-20(3)25-15-14-23-12-8-9-13-26(23)28(25)31(39)34-21(4)29(32)37/h5-15,19-21,24H,16-18H2,1-4H3,(H2,32,37)(H,33,38)(H,34,39)(H,35,36)/t20-,21?,24+/m0/s1. The number of nitrogens with two attached hydrogens (primary N) is 1. The van der Waals surface area contributed by atoms with Gasteiger partial charge >= 0.3 is 0 Å². The van der Waals surface area contributed by atoms with Gasteiger partial charge in [0.25, 0.3) is 5.91 Å². The lowest BCUT2D eigenvalue weighted by molar-refractivity contribution is -0.139. The van der Waals surface area contributed by atoms with E-state index in [2.05, 4.69) is 16.1 Å². The highest BCUT2D eigenvalue weighted by Gasteiger charge is 2.27. The minimum absolute atomic E-state index is 0.0489. The Balaban J connectivity index is 1.76. The van der Waals surface area contributed by atoms with Crippen molar-refractivity contribution in [3.8, 4) is 0 Å². The van der Waals surface area contributed by atoms with E-state index in [4.69, 9.17) is 10.6 Å². The molecular weight excluding hydrogens is 508 g/mol. The first-order valence-corrected chi connectivity index (χ1v) is 13.4. The van der Waals surface area contributed by atoms with Crippen LogP contribution in [0.4, 0.5) is 0 Å². The highest BCUT2D eigenvalue weighted by molar-refractivity contribution is 6.09. The number of hydrogen-bond donors (Lipinski definition) is 4. The van der Waals surface area contributed by atoms with Gasteiger partial charge < -0.3 is 16.4 Å². The summed E-state index contributed by atoms with van der Waals surface area (Å²) in [5.41, 5.74) is 9.64. The third-order valence-electron chi connectivity index (χ3n) is 6.61. The number of hydrogen-bond acceptors (Lipinski definition) is 5. The van der Waals surface area contributed by atoms with Gasteiger partial charge in [-0.3, -0.25) is 24.0 Å². The van der Waals surface area contributed by atoms with Crippen LogP contribution in [0.2, 0.25) is 0 Å². The molecule has 0 aliphatic heterocycles. The molecule has 0 heterocycles. The van der Waals surface area contributed by atoms with Gasteiger partial charge in [-0.1, -0.05) is 80.6 Å². The number of nitrogens with one attached hydrogen (secondary N) is 3. The molecule has 0 aliphatic rings. The molecule has 3 rings (SSSR count). The Morgan fingerprint density at radius 3 is 2.20 bits per heavy atom. The summed E-state index contributed by atoms with van der Waals surface area (Å²) >= 11 is 0. The van der Waals surface area contributed by atoms with Crippen LogP contribution in [0.15, 0.2) is 66.7 Å². The first kappa shape index (κ1) is 30.3. The van der Waals surface area contributed by atoms with E-state index in [-0.39, 0.29) is 24.9 Å². The monoisotopic (exact) mass is 546 g/mol. The Hall–Kier alpha value is -4.24. The second-order valence-corrected chi connectivity index (χ2v) is 10.4. The number of benzene rings is 3. The Morgan fingerprint density at radius 2 is 1.52 bits per heavy atom. The molecule has 40 heavy (non-hydrogen) atoms. The van der Waals surface area contributed by atoms with Crippen LogP contribution in [0.1, 0.15) is 68.1 Å². The van der Waals surface area contributed by atoms with Gasteiger partial charge in [0, 0.05) is 12.3 Å². The molecule has 5 N–H and O–H groups in total. The van der Waals surface area contributed by atoms with Gasteiger partial charge in [-0.25, -0.2) is 5.48 Å². The summed E-state index contributed by atoms with van der Waals surface area (Å²) in [6.45, 7) is 7.48. The second-order valence-electron chi connectivity index (χ2n) is 10.4. The van der Waals surface area contributed by atoms with E-state index in [1.54, 1.807) is 13.0 Å². The Kier molecular flexibility index (Phi) is 10.8. The third kappa shape index (κ3) is 8.38. The maximum atomic E-state index is 13.4. The fourth-order valence-electron chi connectivity index (χ4n) is 4.54. The van der Waals surface area contributed by atoms with Crippen LogP contribution in [0.5, 0.6) is 0 Å². The largest absolute Gasteiger partial charge is 0.368 e. The highest BCUT2D eigenvalue weighted by Crippen LogP contribution is 2.28. The molecule has 0 radical (unpaired) electrons. The molecule has 3 aromatic carbocycles. The molecule has 0 spiro atoms. The maximum Gasteiger partial charge on any atom is 0.252 e. The summed E-state index contributed by atoms with van der Waals surface area (Å²) in [5, 5.41) is 7.17. The summed E-state index contributed by atoms with van der Waals surface area (Å²) in [7, 11) is 0. The smallest absolute Gasteiger partial charge is 0.252 e. The van der Waals surface area contributed by atoms with Crippen molar-refractivity contribution in [1.29, 1.82) is 0 Å². The Labute approximate surface area is 234 Å². The number of carbonyl (C=O) groups excluding carboxylic acids is 4. The topological polar surface area (TPSA) is 140 Å². The van der Waals surface area contributed by atoms with Gasteiger partial charge in [-0.15, -0.1) is 0 Å². The van der Waals surface area contributed by atoms with Crippen LogP contribution in [0.3, 0.4) is 0 Å². The molecular formula is C31H38N4O5. The zero-order chi connectivity index (χ0) is 29.2. The SMILES string of the molecule is CC(C)C[C@H](CC(=O)NOCc1ccccc1)C(=O)N[C@@H](C)c1ccc2ccccc2c1C(=O)NC(C)C(N)=O. The van der Waals surface area contributed by atoms with E-state index in [0.29, 0.717) is 22.9 Å². The van der Waals surface area contributed by atoms with E-state index in [1.807, 2.05) is 74.5 Å². The molecule has 4 amide bonds. The molecule has 9 heteroatoms. The van der Waals surface area contributed by atoms with Crippen molar-refractivity contribution in [2.45, 2.75) is 59.2 Å². The van der Waals surface area contributed by atoms with Gasteiger partial charge in [-0.05, 0) is 48.1 Å². The molecule has 3 aromatic rings. The molecule has 0 aromatic heterocycles. The first-order valence-electron chi connectivity index (χ1n) is 13.4. The van der Waals surface area contributed by atoms with Crippen molar-refractivity contribution in [3.05, 3.63) is 83.4 Å². The summed E-state index contributed by atoms with van der Waals surface area (Å²) in [5.74, 6) is -2.25. The maximum absolute atomic E-state index is 13.4. The highest BCUT2D eigenvalue weighted by atomic mass is 16.6. The lowest BCUT2D eigenvalue weighted by Crippen LogP contribution is -2.43. The molecule has 212 valence electrons. The van der Waals surface area contributed by atoms with Crippen LogP contribution in [0.25, 0.3) is 10.8 Å². The minimum atomic E-state index is -0.873. The number of fused-ring (bicyclic) bond motifs is 1. The van der Waals surface area contributed by atoms with Crippen molar-refractivity contribution in [1.82, 2.24) is 16.1 Å². The predicted octanol–water partition coefficient (Wildman–Crippen LogP) is 3.92. The average molecular weight is 547 g/mol. The second kappa shape index (κ2) is 14.2. The van der Waals surface area contributed by atoms with E-state index in [9.17, 15) is 19.2 Å². The molecule has 0 aliphatic carbocycles. The van der Waals surface area contributed by atoms with Gasteiger partial charge in [0.05, 0.1) is 18.2 Å². The van der Waals surface area contributed by atoms with Crippen molar-refractivity contribution in [3.63, 3.8) is 0 Å². The van der Waals surface area contributed by atoms with Crippen LogP contribution >= 0.6 is 0 Å². The normalized spacial score (nSPS) is 13.3. The molecule has 1 unspecified atom stereocenters. The van der Waals surface area contributed by atoms with Gasteiger partial charge in [0.1, 0.15) is 6.04 Å². The number of primary amides is 1. The zero-order valence-corrected chi connectivity index (χ0v) is 23.4. The van der Waals surface area contributed by atoms with Gasteiger partial charge in [0.15, 0.2) is 0 Å². The summed E-state index contributed by atoms with van der Waals surface area (Å²) < 4.78 is 0. The average Bonchev–Trinajstić information content (AvgIpc) is 2.92. The van der Waals surface area contributed by atoms with E-state index < -0.39 is 35.7 Å². The fourth-order valence-corrected chi connectivity index (χ4v) is 4.54. The van der Waals surface area contributed by atoms with E-state index >= 15 is 0 Å². The molecule has 9 nitrogen and oxygen atoms in total. The summed E-state index contributed by atoms with van der Waals surface area (Å²) in [6.07, 6.45) is 0.443. The Bertz CT molecular complexity index is 1340. The van der Waals surface area contributed by atoms with Gasteiger partial charge in [0.2, 0.25) is 17.7 Å². The van der Waals surface area contributed by atoms with Crippen LogP contribution < -0.4 is 21.8 Å².